The van der Waals surface area contributed by atoms with Gasteiger partial charge in [-0.3, -0.25) is 24.4 Å². The van der Waals surface area contributed by atoms with Gasteiger partial charge in [0.1, 0.15) is 17.4 Å². The van der Waals surface area contributed by atoms with Crippen LogP contribution >= 0.6 is 0 Å². The Bertz CT molecular complexity index is 1110. The van der Waals surface area contributed by atoms with Crippen LogP contribution in [0.25, 0.3) is 0 Å². The second kappa shape index (κ2) is 9.55. The number of carbonyl (C=O) groups is 3. The van der Waals surface area contributed by atoms with Crippen LogP contribution in [0.15, 0.2) is 30.9 Å². The zero-order chi connectivity index (χ0) is 24.2. The van der Waals surface area contributed by atoms with E-state index in [-0.39, 0.29) is 16.9 Å². The summed E-state index contributed by atoms with van der Waals surface area (Å²) >= 11 is 0. The first kappa shape index (κ1) is 23.5. The average Bonchev–Trinajstić information content (AvgIpc) is 3.12. The summed E-state index contributed by atoms with van der Waals surface area (Å²) < 4.78 is 52.1. The minimum Gasteiger partial charge on any atom is -0.343 e. The van der Waals surface area contributed by atoms with E-state index in [0.717, 1.165) is 18.6 Å². The van der Waals surface area contributed by atoms with Crippen LogP contribution in [0.3, 0.4) is 0 Å². The Kier molecular flexibility index (Phi) is 6.80. The highest BCUT2D eigenvalue weighted by Crippen LogP contribution is 2.31. The fraction of sp³-hybridized carbons (Fsp3) is 0.316. The molecule has 3 heterocycles. The van der Waals surface area contributed by atoms with E-state index in [0.29, 0.717) is 4.90 Å². The molecule has 2 N–H and O–H groups in total. The number of nitrogens with zero attached hydrogens (tertiary/aromatic N) is 5. The summed E-state index contributed by atoms with van der Waals surface area (Å²) in [4.78, 5) is 48.6. The Morgan fingerprint density at radius 3 is 2.61 bits per heavy atom. The van der Waals surface area contributed by atoms with Gasteiger partial charge < -0.3 is 15.5 Å². The molecule has 2 aromatic rings. The number of alkyl halides is 4. The number of carbonyl (C=O) groups excluding carboxylic acids is 3. The molecule has 0 radical (unpaired) electrons. The molecule has 33 heavy (non-hydrogen) atoms. The molecule has 1 aliphatic rings. The zero-order valence-corrected chi connectivity index (χ0v) is 16.6. The molecule has 14 heteroatoms. The molecule has 0 saturated carbocycles. The fourth-order valence-electron chi connectivity index (χ4n) is 2.99. The van der Waals surface area contributed by atoms with Gasteiger partial charge in [0.2, 0.25) is 5.91 Å². The molecule has 1 aliphatic heterocycles. The van der Waals surface area contributed by atoms with Gasteiger partial charge in [0, 0.05) is 12.6 Å². The highest BCUT2D eigenvalue weighted by Gasteiger charge is 2.47. The number of amides is 3. The van der Waals surface area contributed by atoms with Gasteiger partial charge in [0.15, 0.2) is 0 Å². The summed E-state index contributed by atoms with van der Waals surface area (Å²) in [5.41, 5.74) is -1.13. The molecule has 1 fully saturated rings. The molecule has 3 amide bonds. The number of rotatable bonds is 6. The molecule has 1 atom stereocenters. The largest absolute Gasteiger partial charge is 0.343 e. The van der Waals surface area contributed by atoms with E-state index in [4.69, 9.17) is 5.26 Å². The SMILES string of the molecule is N#C[C@@H]1CC(F)(F)CN1C(=O)CNC(=O)c1ccncc1NC(=O)c1cnc(C(F)F)cn1. The number of likely N-dealkylation sites (tertiary alicyclic amines) is 1. The van der Waals surface area contributed by atoms with Crippen molar-refractivity contribution >= 4 is 23.4 Å². The molecule has 1 saturated heterocycles. The van der Waals surface area contributed by atoms with Crippen molar-refractivity contribution in [2.24, 2.45) is 0 Å². The van der Waals surface area contributed by atoms with Gasteiger partial charge in [-0.2, -0.15) is 5.26 Å². The molecule has 0 aromatic carbocycles. The summed E-state index contributed by atoms with van der Waals surface area (Å²) in [5.74, 6) is -5.77. The van der Waals surface area contributed by atoms with Crippen molar-refractivity contribution in [3.05, 3.63) is 47.8 Å². The molecule has 3 rings (SSSR count). The number of hydrogen-bond donors (Lipinski definition) is 2. The highest BCUT2D eigenvalue weighted by atomic mass is 19.3. The molecule has 0 unspecified atom stereocenters. The number of nitriles is 1. The van der Waals surface area contributed by atoms with Crippen molar-refractivity contribution in [1.29, 1.82) is 5.26 Å². The summed E-state index contributed by atoms with van der Waals surface area (Å²) in [6.07, 6.45) is 0.284. The van der Waals surface area contributed by atoms with Crippen molar-refractivity contribution in [3.63, 3.8) is 0 Å². The summed E-state index contributed by atoms with van der Waals surface area (Å²) in [5, 5.41) is 13.6. The third kappa shape index (κ3) is 5.56. The quantitative estimate of drug-likeness (QED) is 0.617. The lowest BCUT2D eigenvalue weighted by molar-refractivity contribution is -0.131. The van der Waals surface area contributed by atoms with Gasteiger partial charge in [-0.05, 0) is 6.07 Å². The summed E-state index contributed by atoms with van der Waals surface area (Å²) in [7, 11) is 0. The Morgan fingerprint density at radius 1 is 1.21 bits per heavy atom. The van der Waals surface area contributed by atoms with Gasteiger partial charge in [0.05, 0.1) is 49.0 Å². The van der Waals surface area contributed by atoms with Gasteiger partial charge >= 0.3 is 0 Å². The van der Waals surface area contributed by atoms with Gasteiger partial charge in [0.25, 0.3) is 24.2 Å². The topological polar surface area (TPSA) is 141 Å². The van der Waals surface area contributed by atoms with Crippen LogP contribution in [0.2, 0.25) is 0 Å². The first-order chi connectivity index (χ1) is 15.6. The lowest BCUT2D eigenvalue weighted by Crippen LogP contribution is -2.43. The number of pyridine rings is 1. The molecule has 10 nitrogen and oxygen atoms in total. The minimum absolute atomic E-state index is 0.0882. The van der Waals surface area contributed by atoms with E-state index >= 15 is 0 Å². The van der Waals surface area contributed by atoms with Crippen molar-refractivity contribution in [2.45, 2.75) is 24.8 Å². The minimum atomic E-state index is -3.20. The lowest BCUT2D eigenvalue weighted by Gasteiger charge is -2.19. The predicted octanol–water partition coefficient (Wildman–Crippen LogP) is 1.55. The van der Waals surface area contributed by atoms with Gasteiger partial charge in [-0.25, -0.2) is 22.5 Å². The molecule has 0 bridgehead atoms. The average molecular weight is 465 g/mol. The maximum atomic E-state index is 13.5. The Morgan fingerprint density at radius 2 is 1.97 bits per heavy atom. The smallest absolute Gasteiger partial charge is 0.281 e. The van der Waals surface area contributed by atoms with Crippen molar-refractivity contribution in [1.82, 2.24) is 25.2 Å². The molecule has 2 aromatic heterocycles. The number of anilines is 1. The Hall–Kier alpha value is -4.15. The molecule has 0 spiro atoms. The lowest BCUT2D eigenvalue weighted by atomic mass is 10.2. The Balaban J connectivity index is 1.66. The normalized spacial score (nSPS) is 16.8. The van der Waals surface area contributed by atoms with Crippen LogP contribution in [0.1, 0.15) is 39.4 Å². The second-order valence-corrected chi connectivity index (χ2v) is 6.91. The van der Waals surface area contributed by atoms with E-state index in [9.17, 15) is 31.9 Å². The fourth-order valence-corrected chi connectivity index (χ4v) is 2.99. The number of halogens is 4. The third-order valence-electron chi connectivity index (χ3n) is 4.58. The van der Waals surface area contributed by atoms with Crippen LogP contribution in [0.5, 0.6) is 0 Å². The van der Waals surface area contributed by atoms with Crippen molar-refractivity contribution in [3.8, 4) is 6.07 Å². The first-order valence-electron chi connectivity index (χ1n) is 9.32. The monoisotopic (exact) mass is 465 g/mol. The van der Waals surface area contributed by atoms with E-state index < -0.39 is 61.3 Å². The van der Waals surface area contributed by atoms with Crippen LogP contribution in [-0.2, 0) is 4.79 Å². The highest BCUT2D eigenvalue weighted by molar-refractivity contribution is 6.08. The molecule has 172 valence electrons. The van der Waals surface area contributed by atoms with Gasteiger partial charge in [-0.1, -0.05) is 0 Å². The number of hydrogen-bond acceptors (Lipinski definition) is 7. The van der Waals surface area contributed by atoms with Crippen molar-refractivity contribution in [2.75, 3.05) is 18.4 Å². The summed E-state index contributed by atoms with van der Waals surface area (Å²) in [6, 6.07) is 1.55. The Labute approximate surface area is 183 Å². The maximum absolute atomic E-state index is 13.5. The standard InChI is InChI=1S/C19H15F4N7O3/c20-16(21)13-6-27-14(7-26-13)18(33)29-12-5-25-2-1-11(12)17(32)28-8-15(31)30-9-19(22,23)3-10(30)4-24/h1-2,5-7,10,16H,3,8-9H2,(H,28,32)(H,29,33)/t10-/m0/s1. The predicted molar refractivity (Wildman–Crippen MR) is 102 cm³/mol. The van der Waals surface area contributed by atoms with Gasteiger partial charge in [-0.15, -0.1) is 0 Å². The van der Waals surface area contributed by atoms with Crippen LogP contribution in [0.4, 0.5) is 23.2 Å². The molecular weight excluding hydrogens is 450 g/mol. The van der Waals surface area contributed by atoms with Crippen LogP contribution in [-0.4, -0.2) is 62.6 Å². The summed E-state index contributed by atoms with van der Waals surface area (Å²) in [6.45, 7) is -1.59. The van der Waals surface area contributed by atoms with Crippen LogP contribution < -0.4 is 10.6 Å². The van der Waals surface area contributed by atoms with E-state index in [1.165, 1.54) is 12.3 Å². The van der Waals surface area contributed by atoms with E-state index in [1.54, 1.807) is 6.07 Å². The number of aromatic nitrogens is 3. The van der Waals surface area contributed by atoms with E-state index in [2.05, 4.69) is 25.6 Å². The number of nitrogens with one attached hydrogen (secondary N) is 2. The van der Waals surface area contributed by atoms with Crippen LogP contribution in [0, 0.1) is 11.3 Å². The van der Waals surface area contributed by atoms with E-state index in [1.807, 2.05) is 0 Å². The molecular formula is C19H15F4N7O3. The first-order valence-corrected chi connectivity index (χ1v) is 9.32. The van der Waals surface area contributed by atoms with Crippen molar-refractivity contribution < 1.29 is 31.9 Å². The zero-order valence-electron chi connectivity index (χ0n) is 16.6. The molecule has 0 aliphatic carbocycles. The third-order valence-corrected chi connectivity index (χ3v) is 4.58. The second-order valence-electron chi connectivity index (χ2n) is 6.91. The maximum Gasteiger partial charge on any atom is 0.281 e.